The van der Waals surface area contributed by atoms with Gasteiger partial charge in [0.05, 0.1) is 5.56 Å². The second-order valence-corrected chi connectivity index (χ2v) is 3.22. The van der Waals surface area contributed by atoms with Crippen molar-refractivity contribution in [1.82, 2.24) is 4.98 Å². The molecule has 1 aromatic rings. The molecule has 1 rings (SSSR count). The smallest absolute Gasteiger partial charge is 0.396 e. The number of carbonyl (C=O) groups excluding carboxylic acids is 1. The molecule has 0 bridgehead atoms. The van der Waals surface area contributed by atoms with Crippen molar-refractivity contribution in [2.45, 2.75) is 12.8 Å². The zero-order valence-electron chi connectivity index (χ0n) is 9.15. The number of primary amides is 1. The minimum atomic E-state index is -5.45. The Morgan fingerprint density at radius 1 is 1.45 bits per heavy atom. The van der Waals surface area contributed by atoms with Crippen molar-refractivity contribution in [2.75, 3.05) is 0 Å². The monoisotopic (exact) mass is 301 g/mol. The van der Waals surface area contributed by atoms with Crippen molar-refractivity contribution in [1.29, 1.82) is 0 Å². The van der Waals surface area contributed by atoms with E-state index in [0.29, 0.717) is 0 Å². The van der Waals surface area contributed by atoms with E-state index in [0.717, 1.165) is 0 Å². The van der Waals surface area contributed by atoms with Crippen molar-refractivity contribution >= 4 is 11.7 Å². The lowest BCUT2D eigenvalue weighted by Crippen LogP contribution is -2.21. The van der Waals surface area contributed by atoms with E-state index in [1.807, 2.05) is 0 Å². The van der Waals surface area contributed by atoms with Crippen LogP contribution in [0.4, 0.5) is 27.8 Å². The predicted molar refractivity (Wildman–Crippen MR) is 51.0 cm³/mol. The lowest BCUT2D eigenvalue weighted by atomic mass is 10.2. The number of nitrogens with zero attached hydrogens (tertiary/aromatic N) is 2. The van der Waals surface area contributed by atoms with Gasteiger partial charge in [0.1, 0.15) is 0 Å². The second kappa shape index (κ2) is 5.22. The average Bonchev–Trinajstić information content (AvgIpc) is 2.25. The molecule has 1 heterocycles. The molecule has 0 atom stereocenters. The third-order valence-corrected chi connectivity index (χ3v) is 1.86. The van der Waals surface area contributed by atoms with Crippen LogP contribution in [0.2, 0.25) is 0 Å². The first kappa shape index (κ1) is 15.5. The Hall–Kier alpha value is -2.53. The summed E-state index contributed by atoms with van der Waals surface area (Å²) < 4.78 is 64.7. The fourth-order valence-corrected chi connectivity index (χ4v) is 1.17. The molecule has 0 aromatic carbocycles. The van der Waals surface area contributed by atoms with Crippen LogP contribution >= 0.6 is 0 Å². The molecule has 0 aliphatic carbocycles. The highest BCUT2D eigenvalue weighted by Gasteiger charge is 2.39. The normalized spacial score (nSPS) is 11.5. The van der Waals surface area contributed by atoms with Gasteiger partial charge in [0.2, 0.25) is 11.4 Å². The summed E-state index contributed by atoms with van der Waals surface area (Å²) in [5.74, 6) is -4.90. The molecule has 0 unspecified atom stereocenters. The van der Waals surface area contributed by atoms with E-state index in [2.05, 4.69) is 9.72 Å². The number of ether oxygens (including phenoxy) is 1. The molecule has 2 N–H and O–H groups in total. The van der Waals surface area contributed by atoms with Gasteiger partial charge >= 0.3 is 12.2 Å². The van der Waals surface area contributed by atoms with E-state index in [9.17, 15) is 36.9 Å². The first-order chi connectivity index (χ1) is 9.03. The first-order valence-electron chi connectivity index (χ1n) is 4.56. The van der Waals surface area contributed by atoms with Gasteiger partial charge in [-0.3, -0.25) is 4.79 Å². The van der Waals surface area contributed by atoms with Crippen LogP contribution in [0.25, 0.3) is 0 Å². The molecule has 7 nitrogen and oxygen atoms in total. The van der Waals surface area contributed by atoms with Crippen LogP contribution in [-0.4, -0.2) is 22.2 Å². The number of amides is 1. The Bertz CT molecular complexity index is 560. The van der Waals surface area contributed by atoms with Crippen molar-refractivity contribution in [2.24, 2.45) is 5.73 Å². The fraction of sp³-hybridized carbons (Fsp3) is 0.250. The van der Waals surface area contributed by atoms with Crippen molar-refractivity contribution in [3.8, 4) is 5.75 Å². The Morgan fingerprint density at radius 2 is 2.00 bits per heavy atom. The topological polar surface area (TPSA) is 108 Å². The molecule has 1 aromatic heterocycles. The molecule has 0 spiro atoms. The Balaban J connectivity index is 3.59. The van der Waals surface area contributed by atoms with Gasteiger partial charge in [0.25, 0.3) is 12.3 Å². The predicted octanol–water partition coefficient (Wildman–Crippen LogP) is 1.92. The summed E-state index contributed by atoms with van der Waals surface area (Å²) in [4.78, 5) is 22.7. The molecular weight excluding hydrogens is 297 g/mol. The summed E-state index contributed by atoms with van der Waals surface area (Å²) in [6.45, 7) is 0. The molecule has 0 fully saturated rings. The van der Waals surface area contributed by atoms with Gasteiger partial charge in [-0.15, -0.1) is 13.2 Å². The number of nitrogens with two attached hydrogens (primary N) is 1. The maximum Gasteiger partial charge on any atom is 0.573 e. The molecule has 110 valence electrons. The van der Waals surface area contributed by atoms with Gasteiger partial charge in [-0.05, 0) is 9.91 Å². The van der Waals surface area contributed by atoms with Crippen LogP contribution in [-0.2, 0) is 0 Å². The highest BCUT2D eigenvalue weighted by Crippen LogP contribution is 2.39. The summed E-state index contributed by atoms with van der Waals surface area (Å²) in [5.41, 5.74) is 2.20. The molecule has 1 amide bonds. The summed E-state index contributed by atoms with van der Waals surface area (Å²) in [5, 5.41) is 10.6. The summed E-state index contributed by atoms with van der Waals surface area (Å²) in [6, 6.07) is 0.196. The average molecular weight is 301 g/mol. The second-order valence-electron chi connectivity index (χ2n) is 3.22. The van der Waals surface area contributed by atoms with Gasteiger partial charge in [-0.1, -0.05) is 0 Å². The van der Waals surface area contributed by atoms with Crippen LogP contribution in [0.15, 0.2) is 6.07 Å². The zero-order valence-corrected chi connectivity index (χ0v) is 9.15. The van der Waals surface area contributed by atoms with Gasteiger partial charge < -0.3 is 20.6 Å². The molecule has 0 saturated carbocycles. The molecule has 0 radical (unpaired) electrons. The highest BCUT2D eigenvalue weighted by molar-refractivity contribution is 5.91. The van der Waals surface area contributed by atoms with E-state index in [4.69, 9.17) is 5.73 Å². The SMILES string of the molecule is NC(=O)c1cc(C(F)F)c(OC(F)(F)F)c([N+](=O)[O-])n1. The largest absolute Gasteiger partial charge is 0.573 e. The number of alkyl halides is 5. The summed E-state index contributed by atoms with van der Waals surface area (Å²) in [6.07, 6.45) is -9.03. The number of hydrogen-bond acceptors (Lipinski definition) is 5. The third-order valence-electron chi connectivity index (χ3n) is 1.86. The quantitative estimate of drug-likeness (QED) is 0.519. The van der Waals surface area contributed by atoms with Crippen LogP contribution < -0.4 is 10.5 Å². The lowest BCUT2D eigenvalue weighted by molar-refractivity contribution is -0.393. The van der Waals surface area contributed by atoms with E-state index in [1.54, 1.807) is 0 Å². The molecule has 0 aliphatic rings. The van der Waals surface area contributed by atoms with Gasteiger partial charge in [-0.25, -0.2) is 8.78 Å². The minimum absolute atomic E-state index is 0.196. The van der Waals surface area contributed by atoms with E-state index in [-0.39, 0.29) is 6.07 Å². The Kier molecular flexibility index (Phi) is 4.06. The number of carbonyl (C=O) groups is 1. The van der Waals surface area contributed by atoms with E-state index >= 15 is 0 Å². The lowest BCUT2D eigenvalue weighted by Gasteiger charge is -2.12. The van der Waals surface area contributed by atoms with Crippen LogP contribution in [0.5, 0.6) is 5.75 Å². The Morgan fingerprint density at radius 3 is 2.35 bits per heavy atom. The fourth-order valence-electron chi connectivity index (χ4n) is 1.17. The number of rotatable bonds is 4. The van der Waals surface area contributed by atoms with Crippen LogP contribution in [0.3, 0.4) is 0 Å². The number of aromatic nitrogens is 1. The number of hydrogen-bond donors (Lipinski definition) is 1. The van der Waals surface area contributed by atoms with Gasteiger partial charge in [0.15, 0.2) is 0 Å². The standard InChI is InChI=1S/C8H4F5N3O4/c9-5(10)2-1-3(6(14)17)15-7(16(18)19)4(2)20-8(11,12)13/h1,5H,(H2,14,17). The number of halogens is 5. The molecule has 0 saturated heterocycles. The van der Waals surface area contributed by atoms with E-state index < -0.39 is 46.4 Å². The molecule has 0 aliphatic heterocycles. The third kappa shape index (κ3) is 3.49. The highest BCUT2D eigenvalue weighted by atomic mass is 19.4. The zero-order chi connectivity index (χ0) is 15.7. The first-order valence-corrected chi connectivity index (χ1v) is 4.56. The van der Waals surface area contributed by atoms with Crippen molar-refractivity contribution in [3.05, 3.63) is 27.4 Å². The minimum Gasteiger partial charge on any atom is -0.396 e. The molecule has 20 heavy (non-hydrogen) atoms. The Labute approximate surface area is 106 Å². The van der Waals surface area contributed by atoms with Crippen LogP contribution in [0.1, 0.15) is 22.5 Å². The number of nitro groups is 1. The number of pyridine rings is 1. The summed E-state index contributed by atoms with van der Waals surface area (Å²) in [7, 11) is 0. The maximum atomic E-state index is 12.6. The van der Waals surface area contributed by atoms with Crippen molar-refractivity contribution < 1.29 is 36.4 Å². The van der Waals surface area contributed by atoms with Crippen LogP contribution in [0, 0.1) is 10.1 Å². The van der Waals surface area contributed by atoms with Gasteiger partial charge in [0, 0.05) is 6.07 Å². The molecular formula is C8H4F5N3O4. The van der Waals surface area contributed by atoms with Crippen molar-refractivity contribution in [3.63, 3.8) is 0 Å². The maximum absolute atomic E-state index is 12.6. The summed E-state index contributed by atoms with van der Waals surface area (Å²) >= 11 is 0. The molecule has 12 heteroatoms. The van der Waals surface area contributed by atoms with Gasteiger partial charge in [-0.2, -0.15) is 0 Å². The van der Waals surface area contributed by atoms with E-state index in [1.165, 1.54) is 0 Å².